The van der Waals surface area contributed by atoms with Crippen LogP contribution in [0.2, 0.25) is 0 Å². The van der Waals surface area contributed by atoms with Gasteiger partial charge in [-0.15, -0.1) is 23.7 Å². The number of hydrogen-bond donors (Lipinski definition) is 2. The Labute approximate surface area is 150 Å². The Kier molecular flexibility index (Phi) is 6.89. The number of halogens is 1. The first-order valence-corrected chi connectivity index (χ1v) is 9.38. The molecule has 23 heavy (non-hydrogen) atoms. The van der Waals surface area contributed by atoms with Gasteiger partial charge in [0.2, 0.25) is 5.91 Å². The van der Waals surface area contributed by atoms with Crippen molar-refractivity contribution >= 4 is 47.1 Å². The summed E-state index contributed by atoms with van der Waals surface area (Å²) in [5.74, 6) is 2.20. The van der Waals surface area contributed by atoms with Gasteiger partial charge in [0, 0.05) is 47.1 Å². The fourth-order valence-electron chi connectivity index (χ4n) is 2.44. The van der Waals surface area contributed by atoms with Crippen LogP contribution in [0.4, 0.5) is 5.69 Å². The van der Waals surface area contributed by atoms with E-state index >= 15 is 0 Å². The summed E-state index contributed by atoms with van der Waals surface area (Å²) in [5, 5.41) is 9.47. The van der Waals surface area contributed by atoms with Crippen molar-refractivity contribution in [3.63, 3.8) is 0 Å². The van der Waals surface area contributed by atoms with Crippen molar-refractivity contribution in [1.29, 1.82) is 0 Å². The Morgan fingerprint density at radius 2 is 2.35 bits per heavy atom. The monoisotopic (exact) mass is 369 g/mol. The van der Waals surface area contributed by atoms with E-state index in [4.69, 9.17) is 0 Å². The molecule has 1 amide bonds. The van der Waals surface area contributed by atoms with Crippen molar-refractivity contribution in [3.05, 3.63) is 34.7 Å². The van der Waals surface area contributed by atoms with Gasteiger partial charge in [0.25, 0.3) is 0 Å². The first kappa shape index (κ1) is 18.3. The number of aromatic nitrogens is 1. The normalized spacial score (nSPS) is 17.3. The Morgan fingerprint density at radius 1 is 1.48 bits per heavy atom. The molecule has 2 N–H and O–H groups in total. The van der Waals surface area contributed by atoms with Crippen LogP contribution in [-0.4, -0.2) is 35.0 Å². The van der Waals surface area contributed by atoms with Gasteiger partial charge in [0.05, 0.1) is 10.7 Å². The molecule has 0 spiro atoms. The zero-order valence-electron chi connectivity index (χ0n) is 12.9. The molecule has 3 rings (SSSR count). The quantitative estimate of drug-likeness (QED) is 0.865. The number of benzene rings is 1. The third-order valence-electron chi connectivity index (χ3n) is 3.49. The molecule has 1 aliphatic rings. The molecule has 0 saturated carbocycles. The first-order chi connectivity index (χ1) is 10.7. The summed E-state index contributed by atoms with van der Waals surface area (Å²) in [6, 6.07) is 8.15. The van der Waals surface area contributed by atoms with Gasteiger partial charge in [0.1, 0.15) is 0 Å². The minimum atomic E-state index is 0. The Bertz CT molecular complexity index is 656. The summed E-state index contributed by atoms with van der Waals surface area (Å²) in [5.41, 5.74) is 2.83. The zero-order valence-corrected chi connectivity index (χ0v) is 15.3. The van der Waals surface area contributed by atoms with E-state index in [-0.39, 0.29) is 24.4 Å². The van der Waals surface area contributed by atoms with Gasteiger partial charge in [-0.2, -0.15) is 11.8 Å². The molecule has 4 nitrogen and oxygen atoms in total. The van der Waals surface area contributed by atoms with E-state index in [1.54, 1.807) is 11.3 Å². The largest absolute Gasteiger partial charge is 0.326 e. The number of nitrogens with one attached hydrogen (secondary N) is 2. The maximum Gasteiger partial charge on any atom is 0.225 e. The third-order valence-corrected chi connectivity index (χ3v) is 5.40. The van der Waals surface area contributed by atoms with Gasteiger partial charge < -0.3 is 10.6 Å². The van der Waals surface area contributed by atoms with Gasteiger partial charge in [0.15, 0.2) is 0 Å². The van der Waals surface area contributed by atoms with Crippen LogP contribution in [0, 0.1) is 6.92 Å². The van der Waals surface area contributed by atoms with E-state index in [0.29, 0.717) is 6.42 Å². The summed E-state index contributed by atoms with van der Waals surface area (Å²) in [6.45, 7) is 2.98. The summed E-state index contributed by atoms with van der Waals surface area (Å²) in [6.07, 6.45) is 0.521. The van der Waals surface area contributed by atoms with Crippen molar-refractivity contribution in [1.82, 2.24) is 10.3 Å². The average molecular weight is 370 g/mol. The average Bonchev–Trinajstić information content (AvgIpc) is 2.95. The molecule has 1 fully saturated rings. The summed E-state index contributed by atoms with van der Waals surface area (Å²) in [4.78, 5) is 16.6. The molecule has 1 aromatic heterocycles. The lowest BCUT2D eigenvalue weighted by Gasteiger charge is -2.22. The van der Waals surface area contributed by atoms with Gasteiger partial charge in [-0.05, 0) is 19.1 Å². The van der Waals surface area contributed by atoms with Crippen LogP contribution in [-0.2, 0) is 4.79 Å². The van der Waals surface area contributed by atoms with Crippen molar-refractivity contribution in [2.45, 2.75) is 19.4 Å². The van der Waals surface area contributed by atoms with Crippen LogP contribution in [0.25, 0.3) is 11.3 Å². The molecule has 1 aromatic carbocycles. The van der Waals surface area contributed by atoms with Crippen molar-refractivity contribution in [2.24, 2.45) is 0 Å². The second-order valence-electron chi connectivity index (χ2n) is 5.31. The zero-order chi connectivity index (χ0) is 15.4. The van der Waals surface area contributed by atoms with E-state index in [0.717, 1.165) is 40.0 Å². The minimum Gasteiger partial charge on any atom is -0.326 e. The summed E-state index contributed by atoms with van der Waals surface area (Å²) < 4.78 is 0. The van der Waals surface area contributed by atoms with E-state index in [9.17, 15) is 4.79 Å². The number of hydrogen-bond acceptors (Lipinski definition) is 5. The highest BCUT2D eigenvalue weighted by atomic mass is 35.5. The molecule has 7 heteroatoms. The van der Waals surface area contributed by atoms with Crippen LogP contribution in [0.3, 0.4) is 0 Å². The molecule has 1 unspecified atom stereocenters. The van der Waals surface area contributed by atoms with Gasteiger partial charge >= 0.3 is 0 Å². The highest BCUT2D eigenvalue weighted by molar-refractivity contribution is 7.99. The molecular weight excluding hydrogens is 350 g/mol. The number of nitrogens with zero attached hydrogens (tertiary/aromatic N) is 1. The lowest BCUT2D eigenvalue weighted by atomic mass is 10.1. The summed E-state index contributed by atoms with van der Waals surface area (Å²) >= 11 is 3.54. The number of thiazole rings is 1. The molecule has 1 atom stereocenters. The molecule has 0 bridgehead atoms. The van der Waals surface area contributed by atoms with Crippen LogP contribution in [0.15, 0.2) is 29.6 Å². The minimum absolute atomic E-state index is 0. The standard InChI is InChI=1S/C16H19N3OS2.ClH/c1-11-18-15(10-22-11)12-3-2-4-13(7-12)19-16(20)8-14-9-21-6-5-17-14;/h2-4,7,10,14,17H,5-6,8-9H2,1H3,(H,19,20);1H. The van der Waals surface area contributed by atoms with Crippen LogP contribution >= 0.6 is 35.5 Å². The Balaban J connectivity index is 0.00000192. The molecule has 124 valence electrons. The SMILES string of the molecule is Cc1nc(-c2cccc(NC(=O)CC3CSCCN3)c2)cs1.Cl. The van der Waals surface area contributed by atoms with Crippen LogP contribution < -0.4 is 10.6 Å². The fourth-order valence-corrected chi connectivity index (χ4v) is 4.01. The van der Waals surface area contributed by atoms with Crippen molar-refractivity contribution in [3.8, 4) is 11.3 Å². The number of rotatable bonds is 4. The molecule has 1 aliphatic heterocycles. The Hall–Kier alpha value is -1.08. The van der Waals surface area contributed by atoms with Crippen molar-refractivity contribution in [2.75, 3.05) is 23.4 Å². The predicted molar refractivity (Wildman–Crippen MR) is 102 cm³/mol. The highest BCUT2D eigenvalue weighted by Gasteiger charge is 2.16. The summed E-state index contributed by atoms with van der Waals surface area (Å²) in [7, 11) is 0. The molecule has 2 aromatic rings. The van der Waals surface area contributed by atoms with Gasteiger partial charge in [-0.25, -0.2) is 4.98 Å². The lowest BCUT2D eigenvalue weighted by molar-refractivity contribution is -0.116. The third kappa shape index (κ3) is 5.21. The predicted octanol–water partition coefficient (Wildman–Crippen LogP) is 3.57. The maximum absolute atomic E-state index is 12.2. The Morgan fingerprint density at radius 3 is 3.04 bits per heavy atom. The molecule has 1 saturated heterocycles. The smallest absolute Gasteiger partial charge is 0.225 e. The molecular formula is C16H20ClN3OS2. The second kappa shape index (κ2) is 8.68. The van der Waals surface area contributed by atoms with E-state index in [1.165, 1.54) is 0 Å². The number of anilines is 1. The van der Waals surface area contributed by atoms with Crippen LogP contribution in [0.5, 0.6) is 0 Å². The van der Waals surface area contributed by atoms with Crippen molar-refractivity contribution < 1.29 is 4.79 Å². The number of thioether (sulfide) groups is 1. The molecule has 2 heterocycles. The first-order valence-electron chi connectivity index (χ1n) is 7.34. The fraction of sp³-hybridized carbons (Fsp3) is 0.375. The number of amides is 1. The number of carbonyl (C=O) groups is 1. The van der Waals surface area contributed by atoms with E-state index in [2.05, 4.69) is 15.6 Å². The second-order valence-corrected chi connectivity index (χ2v) is 7.52. The van der Waals surface area contributed by atoms with E-state index < -0.39 is 0 Å². The number of carbonyl (C=O) groups excluding carboxylic acids is 1. The lowest BCUT2D eigenvalue weighted by Crippen LogP contribution is -2.39. The number of aryl methyl sites for hydroxylation is 1. The van der Waals surface area contributed by atoms with E-state index in [1.807, 2.05) is 48.3 Å². The van der Waals surface area contributed by atoms with Gasteiger partial charge in [-0.1, -0.05) is 12.1 Å². The highest BCUT2D eigenvalue weighted by Crippen LogP contribution is 2.24. The van der Waals surface area contributed by atoms with Gasteiger partial charge in [-0.3, -0.25) is 4.79 Å². The molecule has 0 aliphatic carbocycles. The molecule has 0 radical (unpaired) electrons. The maximum atomic E-state index is 12.2. The van der Waals surface area contributed by atoms with Crippen LogP contribution in [0.1, 0.15) is 11.4 Å². The topological polar surface area (TPSA) is 54.0 Å².